The third kappa shape index (κ3) is 7.51. The Kier molecular flexibility index (Phi) is 10.6. The third-order valence-electron chi connectivity index (χ3n) is 5.40. The zero-order valence-corrected chi connectivity index (χ0v) is 21.4. The summed E-state index contributed by atoms with van der Waals surface area (Å²) < 4.78 is 5.66. The predicted molar refractivity (Wildman–Crippen MR) is 138 cm³/mol. The van der Waals surface area contributed by atoms with Crippen LogP contribution in [0.5, 0.6) is 0 Å². The molecule has 0 spiro atoms. The van der Waals surface area contributed by atoms with Crippen LogP contribution >= 0.6 is 35.3 Å². The molecule has 2 aromatic rings. The van der Waals surface area contributed by atoms with Crippen molar-refractivity contribution in [3.05, 3.63) is 57.8 Å². The van der Waals surface area contributed by atoms with Gasteiger partial charge >= 0.3 is 0 Å². The zero-order chi connectivity index (χ0) is 20.5. The van der Waals surface area contributed by atoms with Gasteiger partial charge in [-0.15, -0.1) is 35.3 Å². The number of halogens is 1. The van der Waals surface area contributed by atoms with Crippen molar-refractivity contribution in [1.82, 2.24) is 16.0 Å². The van der Waals surface area contributed by atoms with Crippen LogP contribution in [0.3, 0.4) is 0 Å². The second kappa shape index (κ2) is 12.6. The molecule has 1 fully saturated rings. The van der Waals surface area contributed by atoms with Gasteiger partial charge in [0, 0.05) is 47.6 Å². The van der Waals surface area contributed by atoms with E-state index >= 15 is 0 Å². The Morgan fingerprint density at radius 1 is 1.13 bits per heavy atom. The van der Waals surface area contributed by atoms with E-state index in [9.17, 15) is 0 Å². The minimum Gasteiger partial charge on any atom is -0.381 e. The lowest BCUT2D eigenvalue weighted by Gasteiger charge is -2.41. The summed E-state index contributed by atoms with van der Waals surface area (Å²) in [5, 5.41) is 10.9. The Morgan fingerprint density at radius 3 is 2.50 bits per heavy atom. The number of nitrogens with zero attached hydrogens (tertiary/aromatic N) is 1. The highest BCUT2D eigenvalue weighted by atomic mass is 127. The van der Waals surface area contributed by atoms with E-state index < -0.39 is 0 Å². The van der Waals surface area contributed by atoms with Gasteiger partial charge in [-0.3, -0.25) is 0 Å². The van der Waals surface area contributed by atoms with Gasteiger partial charge < -0.3 is 20.7 Å². The molecule has 0 amide bonds. The van der Waals surface area contributed by atoms with Crippen LogP contribution in [0.4, 0.5) is 0 Å². The summed E-state index contributed by atoms with van der Waals surface area (Å²) in [4.78, 5) is 7.41. The topological polar surface area (TPSA) is 57.7 Å². The Hall–Kier alpha value is -1.16. The number of hydrogen-bond donors (Lipinski definition) is 3. The first-order valence-electron chi connectivity index (χ1n) is 10.6. The van der Waals surface area contributed by atoms with Crippen molar-refractivity contribution in [1.29, 1.82) is 0 Å². The molecule has 1 aliphatic rings. The van der Waals surface area contributed by atoms with Crippen LogP contribution in [0, 0.1) is 6.92 Å². The highest BCUT2D eigenvalue weighted by molar-refractivity contribution is 14.0. The summed E-state index contributed by atoms with van der Waals surface area (Å²) in [5.74, 6) is 0.874. The van der Waals surface area contributed by atoms with Crippen LogP contribution < -0.4 is 16.0 Å². The first-order valence-corrected chi connectivity index (χ1v) is 11.4. The van der Waals surface area contributed by atoms with E-state index in [2.05, 4.69) is 79.2 Å². The number of thiophene rings is 1. The minimum absolute atomic E-state index is 0. The fraction of sp³-hybridized carbons (Fsp3) is 0.522. The van der Waals surface area contributed by atoms with Gasteiger partial charge in [0.15, 0.2) is 5.96 Å². The Labute approximate surface area is 202 Å². The molecular formula is C23H35IN4OS. The van der Waals surface area contributed by atoms with Crippen molar-refractivity contribution in [3.8, 4) is 0 Å². The van der Waals surface area contributed by atoms with E-state index in [1.54, 1.807) is 0 Å². The summed E-state index contributed by atoms with van der Waals surface area (Å²) in [6, 6.07) is 15.2. The van der Waals surface area contributed by atoms with Crippen LogP contribution in [0.15, 0.2) is 47.5 Å². The van der Waals surface area contributed by atoms with Crippen molar-refractivity contribution in [2.75, 3.05) is 26.3 Å². The molecule has 3 rings (SSSR count). The van der Waals surface area contributed by atoms with Gasteiger partial charge in [0.1, 0.15) is 0 Å². The molecule has 1 aromatic heterocycles. The molecule has 1 saturated heterocycles. The van der Waals surface area contributed by atoms with Crippen LogP contribution in [0.1, 0.15) is 48.0 Å². The molecule has 5 nitrogen and oxygen atoms in total. The maximum atomic E-state index is 5.66. The molecule has 1 unspecified atom stereocenters. The lowest BCUT2D eigenvalue weighted by atomic mass is 9.88. The molecule has 1 aromatic carbocycles. The first-order chi connectivity index (χ1) is 14.1. The molecule has 0 bridgehead atoms. The first kappa shape index (κ1) is 25.1. The van der Waals surface area contributed by atoms with E-state index in [1.807, 2.05) is 11.3 Å². The van der Waals surface area contributed by atoms with Crippen molar-refractivity contribution < 1.29 is 4.74 Å². The average Bonchev–Trinajstić information content (AvgIpc) is 3.16. The zero-order valence-electron chi connectivity index (χ0n) is 18.2. The molecule has 166 valence electrons. The molecular weight excluding hydrogens is 507 g/mol. The number of aliphatic imine (C=N–C) groups is 1. The van der Waals surface area contributed by atoms with Gasteiger partial charge in [-0.2, -0.15) is 0 Å². The Balaban J connectivity index is 0.00000320. The quantitative estimate of drug-likeness (QED) is 0.259. The summed E-state index contributed by atoms with van der Waals surface area (Å²) in [7, 11) is 0. The summed E-state index contributed by atoms with van der Waals surface area (Å²) in [6.07, 6.45) is 1.97. The molecule has 0 radical (unpaired) electrons. The minimum atomic E-state index is -0.0107. The molecule has 0 aliphatic carbocycles. The molecule has 1 atom stereocenters. The van der Waals surface area contributed by atoms with Crippen molar-refractivity contribution in [2.45, 2.75) is 51.7 Å². The second-order valence-corrected chi connectivity index (χ2v) is 9.10. The van der Waals surface area contributed by atoms with E-state index in [0.717, 1.165) is 45.1 Å². The summed E-state index contributed by atoms with van der Waals surface area (Å²) in [6.45, 7) is 10.4. The van der Waals surface area contributed by atoms with E-state index in [1.165, 1.54) is 15.3 Å². The fourth-order valence-electron chi connectivity index (χ4n) is 3.74. The maximum Gasteiger partial charge on any atom is 0.191 e. The number of aryl methyl sites for hydroxylation is 1. The van der Waals surface area contributed by atoms with E-state index in [4.69, 9.17) is 9.73 Å². The van der Waals surface area contributed by atoms with E-state index in [0.29, 0.717) is 6.54 Å². The molecule has 1 aliphatic heterocycles. The van der Waals surface area contributed by atoms with E-state index in [-0.39, 0.29) is 35.6 Å². The smallest absolute Gasteiger partial charge is 0.191 e. The van der Waals surface area contributed by atoms with Gasteiger partial charge in [0.25, 0.3) is 0 Å². The number of ether oxygens (including phenoxy) is 1. The van der Waals surface area contributed by atoms with Gasteiger partial charge in [0.05, 0.1) is 6.54 Å². The highest BCUT2D eigenvalue weighted by Gasteiger charge is 2.34. The number of hydrogen-bond acceptors (Lipinski definition) is 4. The Morgan fingerprint density at radius 2 is 1.87 bits per heavy atom. The van der Waals surface area contributed by atoms with Crippen molar-refractivity contribution >= 4 is 41.3 Å². The standard InChI is InChI=1S/C23H34N4OS.HI/c1-4-24-22(25-16-21-11-10-18(2)29-21)26-17-23(12-14-28-15-13-23)27-19(3)20-8-6-5-7-9-20;/h5-11,19,27H,4,12-17H2,1-3H3,(H2,24,25,26);1H. The van der Waals surface area contributed by atoms with Crippen LogP contribution in [0.2, 0.25) is 0 Å². The van der Waals surface area contributed by atoms with Gasteiger partial charge in [-0.1, -0.05) is 30.3 Å². The number of rotatable bonds is 8. The average molecular weight is 543 g/mol. The SMILES string of the molecule is CCNC(=NCc1ccc(C)s1)NCC1(NC(C)c2ccccc2)CCOCC1.I. The lowest BCUT2D eigenvalue weighted by molar-refractivity contribution is 0.0355. The predicted octanol–water partition coefficient (Wildman–Crippen LogP) is 4.63. The number of guanidine groups is 1. The fourth-order valence-corrected chi connectivity index (χ4v) is 4.56. The van der Waals surface area contributed by atoms with Gasteiger partial charge in [-0.25, -0.2) is 4.99 Å². The van der Waals surface area contributed by atoms with Crippen LogP contribution in [-0.2, 0) is 11.3 Å². The number of benzene rings is 1. The second-order valence-electron chi connectivity index (χ2n) is 7.73. The Bertz CT molecular complexity index is 775. The monoisotopic (exact) mass is 542 g/mol. The normalized spacial score (nSPS) is 17.1. The molecule has 3 N–H and O–H groups in total. The van der Waals surface area contributed by atoms with Crippen molar-refractivity contribution in [2.24, 2.45) is 4.99 Å². The molecule has 0 saturated carbocycles. The van der Waals surface area contributed by atoms with Gasteiger partial charge in [0.2, 0.25) is 0 Å². The molecule has 30 heavy (non-hydrogen) atoms. The molecule has 7 heteroatoms. The van der Waals surface area contributed by atoms with Crippen LogP contribution in [-0.4, -0.2) is 37.8 Å². The van der Waals surface area contributed by atoms with Gasteiger partial charge in [-0.05, 0) is 51.3 Å². The lowest BCUT2D eigenvalue weighted by Crippen LogP contribution is -2.58. The maximum absolute atomic E-state index is 5.66. The third-order valence-corrected chi connectivity index (χ3v) is 6.39. The number of nitrogens with one attached hydrogen (secondary N) is 3. The van der Waals surface area contributed by atoms with Crippen molar-refractivity contribution in [3.63, 3.8) is 0 Å². The highest BCUT2D eigenvalue weighted by Crippen LogP contribution is 2.25. The largest absolute Gasteiger partial charge is 0.381 e. The summed E-state index contributed by atoms with van der Waals surface area (Å²) >= 11 is 1.81. The van der Waals surface area contributed by atoms with Crippen LogP contribution in [0.25, 0.3) is 0 Å². The summed E-state index contributed by atoms with van der Waals surface area (Å²) in [5.41, 5.74) is 1.30. The molecule has 2 heterocycles.